The molecular weight excluding hydrogens is 399 g/mol. The molecule has 4 aromatic rings. The first-order chi connectivity index (χ1) is 14.3. The van der Waals surface area contributed by atoms with Gasteiger partial charge in [-0.05, 0) is 37.3 Å². The van der Waals surface area contributed by atoms with E-state index < -0.39 is 17.2 Å². The molecule has 10 heteroatoms. The van der Waals surface area contributed by atoms with Crippen molar-refractivity contribution in [3.8, 4) is 17.3 Å². The highest BCUT2D eigenvalue weighted by Crippen LogP contribution is 2.31. The minimum absolute atomic E-state index is 0.0750. The van der Waals surface area contributed by atoms with Crippen LogP contribution < -0.4 is 10.7 Å². The highest BCUT2D eigenvalue weighted by Gasteiger charge is 2.30. The Morgan fingerprint density at radius 1 is 1.00 bits per heavy atom. The van der Waals surface area contributed by atoms with Gasteiger partial charge in [-0.25, -0.2) is 4.68 Å². The number of rotatable bonds is 4. The average Bonchev–Trinajstić information content (AvgIpc) is 3.16. The van der Waals surface area contributed by atoms with Gasteiger partial charge in [-0.15, -0.1) is 5.10 Å². The molecule has 2 heterocycles. The van der Waals surface area contributed by atoms with E-state index in [-0.39, 0.29) is 23.3 Å². The zero-order valence-corrected chi connectivity index (χ0v) is 15.5. The molecule has 2 aromatic carbocycles. The molecule has 0 fully saturated rings. The topological polar surface area (TPSA) is 85.8 Å². The van der Waals surface area contributed by atoms with E-state index in [4.69, 9.17) is 4.42 Å². The summed E-state index contributed by atoms with van der Waals surface area (Å²) in [5.41, 5.74) is 0.134. The summed E-state index contributed by atoms with van der Waals surface area (Å²) >= 11 is 0. The number of aryl methyl sites for hydroxylation is 1. The van der Waals surface area contributed by atoms with Crippen LogP contribution in [0.4, 0.5) is 24.9 Å². The van der Waals surface area contributed by atoms with Gasteiger partial charge < -0.3 is 9.73 Å². The lowest BCUT2D eigenvalue weighted by Gasteiger charge is -2.09. The minimum atomic E-state index is -4.48. The number of para-hydroxylation sites is 1. The van der Waals surface area contributed by atoms with Gasteiger partial charge in [-0.2, -0.15) is 18.3 Å². The number of alkyl halides is 3. The highest BCUT2D eigenvalue weighted by atomic mass is 19.4. The molecule has 0 saturated heterocycles. The summed E-state index contributed by atoms with van der Waals surface area (Å²) < 4.78 is 45.6. The monoisotopic (exact) mass is 413 g/mol. The van der Waals surface area contributed by atoms with Crippen LogP contribution in [0.5, 0.6) is 0 Å². The fraction of sp³-hybridized carbons (Fsp3) is 0.100. The predicted octanol–water partition coefficient (Wildman–Crippen LogP) is 4.35. The molecule has 0 spiro atoms. The second-order valence-corrected chi connectivity index (χ2v) is 6.36. The van der Waals surface area contributed by atoms with E-state index in [1.807, 2.05) is 30.3 Å². The molecule has 0 unspecified atom stereocenters. The second-order valence-electron chi connectivity index (χ2n) is 6.36. The summed E-state index contributed by atoms with van der Waals surface area (Å²) in [6.45, 7) is 1.74. The lowest BCUT2D eigenvalue weighted by atomic mass is 10.2. The van der Waals surface area contributed by atoms with E-state index in [1.165, 1.54) is 18.2 Å². The number of nitrogens with zero attached hydrogens (tertiary/aromatic N) is 4. The number of anilines is 2. The molecule has 0 atom stereocenters. The molecular formula is C20H14F3N5O2. The van der Waals surface area contributed by atoms with Crippen molar-refractivity contribution >= 4 is 11.7 Å². The first kappa shape index (κ1) is 19.4. The SMILES string of the molecule is Cc1cc(=O)c(-c2nnc(Nc3cccc(C(F)(F)F)c3)o2)nn1-c1ccccc1. The molecule has 0 aliphatic rings. The zero-order valence-electron chi connectivity index (χ0n) is 15.5. The normalized spacial score (nSPS) is 11.5. The van der Waals surface area contributed by atoms with Crippen LogP contribution in [0.15, 0.2) is 69.9 Å². The van der Waals surface area contributed by atoms with E-state index in [9.17, 15) is 18.0 Å². The number of aromatic nitrogens is 4. The lowest BCUT2D eigenvalue weighted by molar-refractivity contribution is -0.137. The van der Waals surface area contributed by atoms with Crippen LogP contribution >= 0.6 is 0 Å². The van der Waals surface area contributed by atoms with E-state index in [1.54, 1.807) is 11.6 Å². The van der Waals surface area contributed by atoms with Gasteiger partial charge in [-0.3, -0.25) is 4.79 Å². The van der Waals surface area contributed by atoms with Gasteiger partial charge in [0.1, 0.15) is 0 Å². The van der Waals surface area contributed by atoms with Gasteiger partial charge in [0.2, 0.25) is 5.43 Å². The summed E-state index contributed by atoms with van der Waals surface area (Å²) in [5.74, 6) is -0.154. The van der Waals surface area contributed by atoms with Crippen molar-refractivity contribution in [3.05, 3.63) is 82.1 Å². The number of benzene rings is 2. The third-order valence-electron chi connectivity index (χ3n) is 4.18. The Balaban J connectivity index is 1.66. The molecule has 30 heavy (non-hydrogen) atoms. The zero-order chi connectivity index (χ0) is 21.3. The summed E-state index contributed by atoms with van der Waals surface area (Å²) in [6.07, 6.45) is -4.48. The van der Waals surface area contributed by atoms with Gasteiger partial charge in [0.15, 0.2) is 5.69 Å². The molecule has 0 bridgehead atoms. The van der Waals surface area contributed by atoms with Crippen molar-refractivity contribution in [3.63, 3.8) is 0 Å². The summed E-state index contributed by atoms with van der Waals surface area (Å²) in [5, 5.41) is 14.5. The molecule has 7 nitrogen and oxygen atoms in total. The largest absolute Gasteiger partial charge is 0.416 e. The molecule has 152 valence electrons. The fourth-order valence-electron chi connectivity index (χ4n) is 2.79. The van der Waals surface area contributed by atoms with Crippen LogP contribution in [-0.2, 0) is 6.18 Å². The fourth-order valence-corrected chi connectivity index (χ4v) is 2.79. The quantitative estimate of drug-likeness (QED) is 0.535. The van der Waals surface area contributed by atoms with Crippen LogP contribution in [0.1, 0.15) is 11.3 Å². The molecule has 0 aliphatic carbocycles. The first-order valence-corrected chi connectivity index (χ1v) is 8.76. The number of halogens is 3. The third kappa shape index (κ3) is 3.93. The third-order valence-corrected chi connectivity index (χ3v) is 4.18. The number of hydrogen-bond acceptors (Lipinski definition) is 6. The van der Waals surface area contributed by atoms with Crippen molar-refractivity contribution in [2.75, 3.05) is 5.32 Å². The maximum absolute atomic E-state index is 12.9. The average molecular weight is 413 g/mol. The highest BCUT2D eigenvalue weighted by molar-refractivity contribution is 5.55. The predicted molar refractivity (Wildman–Crippen MR) is 103 cm³/mol. The molecule has 0 saturated carbocycles. The van der Waals surface area contributed by atoms with Crippen LogP contribution in [0.25, 0.3) is 17.3 Å². The Bertz CT molecular complexity index is 1250. The Morgan fingerprint density at radius 2 is 1.77 bits per heavy atom. The van der Waals surface area contributed by atoms with E-state index in [2.05, 4.69) is 20.6 Å². The molecule has 4 rings (SSSR count). The maximum Gasteiger partial charge on any atom is 0.416 e. The second kappa shape index (κ2) is 7.47. The maximum atomic E-state index is 12.9. The summed E-state index contributed by atoms with van der Waals surface area (Å²) in [7, 11) is 0. The van der Waals surface area contributed by atoms with Gasteiger partial charge in [0.25, 0.3) is 5.89 Å². The van der Waals surface area contributed by atoms with Gasteiger partial charge in [-0.1, -0.05) is 29.4 Å². The minimum Gasteiger partial charge on any atom is -0.401 e. The Labute approximate surface area is 167 Å². The standard InChI is InChI=1S/C20H14F3N5O2/c1-12-10-16(29)17(27-28(12)15-8-3-2-4-9-15)18-25-26-19(30-18)24-14-7-5-6-13(11-14)20(21,22)23/h2-11H,1H3,(H,24,26). The molecule has 0 amide bonds. The Hall–Kier alpha value is -3.95. The van der Waals surface area contributed by atoms with Crippen LogP contribution in [-0.4, -0.2) is 20.0 Å². The van der Waals surface area contributed by atoms with Crippen molar-refractivity contribution in [2.24, 2.45) is 0 Å². The van der Waals surface area contributed by atoms with E-state index in [0.717, 1.165) is 17.8 Å². The van der Waals surface area contributed by atoms with E-state index >= 15 is 0 Å². The van der Waals surface area contributed by atoms with Gasteiger partial charge >= 0.3 is 12.2 Å². The van der Waals surface area contributed by atoms with Crippen LogP contribution in [0.2, 0.25) is 0 Å². The van der Waals surface area contributed by atoms with Gasteiger partial charge in [0.05, 0.1) is 11.3 Å². The van der Waals surface area contributed by atoms with Crippen molar-refractivity contribution < 1.29 is 17.6 Å². The Morgan fingerprint density at radius 3 is 2.50 bits per heavy atom. The lowest BCUT2D eigenvalue weighted by Crippen LogP contribution is -2.16. The van der Waals surface area contributed by atoms with Crippen molar-refractivity contribution in [2.45, 2.75) is 13.1 Å². The Kier molecular flexibility index (Phi) is 4.82. The van der Waals surface area contributed by atoms with Gasteiger partial charge in [0, 0.05) is 17.4 Å². The smallest absolute Gasteiger partial charge is 0.401 e. The number of nitrogens with one attached hydrogen (secondary N) is 1. The van der Waals surface area contributed by atoms with Crippen molar-refractivity contribution in [1.29, 1.82) is 0 Å². The summed E-state index contributed by atoms with van der Waals surface area (Å²) in [6, 6.07) is 14.9. The first-order valence-electron chi connectivity index (χ1n) is 8.76. The molecule has 2 aromatic heterocycles. The van der Waals surface area contributed by atoms with Crippen LogP contribution in [0.3, 0.4) is 0 Å². The van der Waals surface area contributed by atoms with Crippen molar-refractivity contribution in [1.82, 2.24) is 20.0 Å². The molecule has 1 N–H and O–H groups in total. The van der Waals surface area contributed by atoms with Crippen LogP contribution in [0, 0.1) is 6.92 Å². The molecule has 0 radical (unpaired) electrons. The molecule has 0 aliphatic heterocycles. The number of hydrogen-bond donors (Lipinski definition) is 1. The van der Waals surface area contributed by atoms with E-state index in [0.29, 0.717) is 5.69 Å². The summed E-state index contributed by atoms with van der Waals surface area (Å²) in [4.78, 5) is 12.4.